The number of benzene rings is 2. The standard InChI is InChI=1S/C17H15NO2/c19-18(20)17-14-10-12-8-4-5-9-13(12)16(14)15(17)11-6-2-1-3-7-11/h1-9,14-17H,10H2/t14-,15-,16+,17-/m1/s1. The van der Waals surface area contributed by atoms with Crippen molar-refractivity contribution < 1.29 is 4.92 Å². The molecule has 0 bridgehead atoms. The smallest absolute Gasteiger partial charge is 0.224 e. The van der Waals surface area contributed by atoms with Crippen molar-refractivity contribution in [3.63, 3.8) is 0 Å². The number of nitrogens with zero attached hydrogens (tertiary/aromatic N) is 1. The maximum absolute atomic E-state index is 11.5. The van der Waals surface area contributed by atoms with Crippen LogP contribution in [0.1, 0.15) is 28.5 Å². The SMILES string of the molecule is O=[N+]([O-])[C@@H]1[C@@H]2Cc3ccccc3[C@@H]2[C@H]1c1ccccc1. The molecule has 2 aliphatic rings. The monoisotopic (exact) mass is 265 g/mol. The van der Waals surface area contributed by atoms with Gasteiger partial charge in [0.2, 0.25) is 6.04 Å². The first-order valence-corrected chi connectivity index (χ1v) is 7.03. The number of hydrogen-bond acceptors (Lipinski definition) is 2. The van der Waals surface area contributed by atoms with Crippen LogP contribution in [0.5, 0.6) is 0 Å². The van der Waals surface area contributed by atoms with Crippen LogP contribution >= 0.6 is 0 Å². The Morgan fingerprint density at radius 1 is 0.950 bits per heavy atom. The van der Waals surface area contributed by atoms with Crippen molar-refractivity contribution in [1.29, 1.82) is 0 Å². The summed E-state index contributed by atoms with van der Waals surface area (Å²) in [6.07, 6.45) is 0.857. The Hall–Kier alpha value is -2.16. The van der Waals surface area contributed by atoms with Crippen molar-refractivity contribution in [2.24, 2.45) is 5.92 Å². The van der Waals surface area contributed by atoms with Gasteiger partial charge in [0.1, 0.15) is 0 Å². The molecule has 0 heterocycles. The third kappa shape index (κ3) is 1.46. The molecule has 4 rings (SSSR count). The zero-order valence-electron chi connectivity index (χ0n) is 11.0. The molecule has 0 spiro atoms. The molecule has 0 radical (unpaired) electrons. The summed E-state index contributed by atoms with van der Waals surface area (Å²) in [5.41, 5.74) is 3.73. The Kier molecular flexibility index (Phi) is 2.43. The predicted octanol–water partition coefficient (Wildman–Crippen LogP) is 3.39. The van der Waals surface area contributed by atoms with Gasteiger partial charge in [0.25, 0.3) is 0 Å². The molecule has 2 aliphatic carbocycles. The predicted molar refractivity (Wildman–Crippen MR) is 76.3 cm³/mol. The molecule has 3 heteroatoms. The molecule has 0 aromatic heterocycles. The molecule has 2 aromatic rings. The lowest BCUT2D eigenvalue weighted by atomic mass is 9.59. The summed E-state index contributed by atoms with van der Waals surface area (Å²) >= 11 is 0. The molecular formula is C17H15NO2. The van der Waals surface area contributed by atoms with Crippen LogP contribution < -0.4 is 0 Å². The molecule has 1 saturated carbocycles. The molecule has 2 aromatic carbocycles. The highest BCUT2D eigenvalue weighted by atomic mass is 16.6. The summed E-state index contributed by atoms with van der Waals surface area (Å²) in [5.74, 6) is 0.524. The Labute approximate surface area is 117 Å². The van der Waals surface area contributed by atoms with Crippen molar-refractivity contribution in [1.82, 2.24) is 0 Å². The lowest BCUT2D eigenvalue weighted by molar-refractivity contribution is -0.554. The lowest BCUT2D eigenvalue weighted by Gasteiger charge is -2.43. The molecule has 1 fully saturated rings. The molecule has 100 valence electrons. The van der Waals surface area contributed by atoms with E-state index in [1.807, 2.05) is 42.5 Å². The van der Waals surface area contributed by atoms with E-state index < -0.39 is 6.04 Å². The first-order valence-electron chi connectivity index (χ1n) is 7.03. The van der Waals surface area contributed by atoms with Gasteiger partial charge in [-0.1, -0.05) is 54.6 Å². The number of fused-ring (bicyclic) bond motifs is 3. The summed E-state index contributed by atoms with van der Waals surface area (Å²) in [4.78, 5) is 11.4. The summed E-state index contributed by atoms with van der Waals surface area (Å²) < 4.78 is 0. The van der Waals surface area contributed by atoms with E-state index in [2.05, 4.69) is 12.1 Å². The van der Waals surface area contributed by atoms with Gasteiger partial charge in [-0.15, -0.1) is 0 Å². The molecule has 0 unspecified atom stereocenters. The third-order valence-corrected chi connectivity index (χ3v) is 4.95. The fourth-order valence-corrected chi connectivity index (χ4v) is 4.15. The minimum Gasteiger partial charge on any atom is -0.264 e. The molecule has 0 amide bonds. The fourth-order valence-electron chi connectivity index (χ4n) is 4.15. The molecule has 4 atom stereocenters. The van der Waals surface area contributed by atoms with E-state index in [-0.39, 0.29) is 16.8 Å². The average Bonchev–Trinajstić information content (AvgIpc) is 2.74. The highest BCUT2D eigenvalue weighted by Gasteiger charge is 2.61. The highest BCUT2D eigenvalue weighted by Crippen LogP contribution is 2.60. The summed E-state index contributed by atoms with van der Waals surface area (Å²) in [6.45, 7) is 0. The number of nitro groups is 1. The topological polar surface area (TPSA) is 43.1 Å². The number of hydrogen-bond donors (Lipinski definition) is 0. The molecule has 0 saturated heterocycles. The molecule has 0 aliphatic heterocycles. The van der Waals surface area contributed by atoms with Crippen molar-refractivity contribution in [2.45, 2.75) is 24.3 Å². The van der Waals surface area contributed by atoms with Gasteiger partial charge in [0, 0.05) is 16.8 Å². The quantitative estimate of drug-likeness (QED) is 0.617. The van der Waals surface area contributed by atoms with E-state index >= 15 is 0 Å². The van der Waals surface area contributed by atoms with E-state index in [1.165, 1.54) is 11.1 Å². The zero-order valence-corrected chi connectivity index (χ0v) is 11.0. The van der Waals surface area contributed by atoms with E-state index in [4.69, 9.17) is 0 Å². The maximum atomic E-state index is 11.5. The first-order chi connectivity index (χ1) is 9.77. The van der Waals surface area contributed by atoms with Crippen LogP contribution in [0.4, 0.5) is 0 Å². The summed E-state index contributed by atoms with van der Waals surface area (Å²) in [5, 5.41) is 11.5. The van der Waals surface area contributed by atoms with Gasteiger partial charge >= 0.3 is 0 Å². The third-order valence-electron chi connectivity index (χ3n) is 4.95. The largest absolute Gasteiger partial charge is 0.264 e. The maximum Gasteiger partial charge on any atom is 0.224 e. The van der Waals surface area contributed by atoms with Crippen LogP contribution in [0.25, 0.3) is 0 Å². The van der Waals surface area contributed by atoms with E-state index in [9.17, 15) is 10.1 Å². The second kappa shape index (κ2) is 4.17. The van der Waals surface area contributed by atoms with Gasteiger partial charge in [0.15, 0.2) is 0 Å². The fraction of sp³-hybridized carbons (Fsp3) is 0.294. The number of rotatable bonds is 2. The molecule has 3 nitrogen and oxygen atoms in total. The first kappa shape index (κ1) is 11.6. The molecule has 20 heavy (non-hydrogen) atoms. The second-order valence-corrected chi connectivity index (χ2v) is 5.80. The van der Waals surface area contributed by atoms with Crippen molar-refractivity contribution >= 4 is 0 Å². The molecular weight excluding hydrogens is 250 g/mol. The van der Waals surface area contributed by atoms with Gasteiger partial charge in [-0.3, -0.25) is 10.1 Å². The Morgan fingerprint density at radius 2 is 1.65 bits per heavy atom. The van der Waals surface area contributed by atoms with Crippen LogP contribution in [-0.4, -0.2) is 11.0 Å². The minimum atomic E-state index is -0.435. The second-order valence-electron chi connectivity index (χ2n) is 5.80. The summed E-state index contributed by atoms with van der Waals surface area (Å²) in [7, 11) is 0. The van der Waals surface area contributed by atoms with Crippen LogP contribution in [0.2, 0.25) is 0 Å². The minimum absolute atomic E-state index is 0.0276. The van der Waals surface area contributed by atoms with Crippen LogP contribution in [0.15, 0.2) is 54.6 Å². The van der Waals surface area contributed by atoms with Crippen LogP contribution in [-0.2, 0) is 6.42 Å². The Bertz CT molecular complexity index is 668. The van der Waals surface area contributed by atoms with Crippen molar-refractivity contribution in [3.05, 3.63) is 81.4 Å². The van der Waals surface area contributed by atoms with Gasteiger partial charge in [0.05, 0.1) is 5.92 Å². The molecule has 0 N–H and O–H groups in total. The van der Waals surface area contributed by atoms with Gasteiger partial charge in [-0.05, 0) is 23.1 Å². The summed E-state index contributed by atoms with van der Waals surface area (Å²) in [6, 6.07) is 17.9. The van der Waals surface area contributed by atoms with Crippen molar-refractivity contribution in [3.8, 4) is 0 Å². The van der Waals surface area contributed by atoms with E-state index in [0.717, 1.165) is 12.0 Å². The highest BCUT2D eigenvalue weighted by molar-refractivity contribution is 5.45. The average molecular weight is 265 g/mol. The van der Waals surface area contributed by atoms with Crippen LogP contribution in [0.3, 0.4) is 0 Å². The van der Waals surface area contributed by atoms with Crippen LogP contribution in [0, 0.1) is 16.0 Å². The van der Waals surface area contributed by atoms with E-state index in [0.29, 0.717) is 5.92 Å². The normalized spacial score (nSPS) is 30.2. The van der Waals surface area contributed by atoms with Gasteiger partial charge < -0.3 is 0 Å². The van der Waals surface area contributed by atoms with Gasteiger partial charge in [-0.2, -0.15) is 0 Å². The van der Waals surface area contributed by atoms with E-state index in [1.54, 1.807) is 0 Å². The lowest BCUT2D eigenvalue weighted by Crippen LogP contribution is -2.50. The zero-order chi connectivity index (χ0) is 13.7. The Balaban J connectivity index is 1.79. The van der Waals surface area contributed by atoms with Crippen molar-refractivity contribution in [2.75, 3.05) is 0 Å². The van der Waals surface area contributed by atoms with Gasteiger partial charge in [-0.25, -0.2) is 0 Å². The Morgan fingerprint density at radius 3 is 2.40 bits per heavy atom.